The Kier molecular flexibility index (Phi) is 10.4. The first-order valence-electron chi connectivity index (χ1n) is 18.4. The van der Waals surface area contributed by atoms with Crippen molar-refractivity contribution < 1.29 is 28.5 Å². The number of aromatic nitrogens is 2. The highest BCUT2D eigenvalue weighted by Gasteiger charge is 2.15. The topological polar surface area (TPSA) is 145 Å². The zero-order valence-electron chi connectivity index (χ0n) is 31.2. The van der Waals surface area contributed by atoms with Crippen molar-refractivity contribution in [1.82, 2.24) is 9.97 Å². The average molecular weight is 827 g/mol. The highest BCUT2D eigenvalue weighted by atomic mass is 32.1. The van der Waals surface area contributed by atoms with Gasteiger partial charge < -0.3 is 28.5 Å². The van der Waals surface area contributed by atoms with Gasteiger partial charge in [-0.3, -0.25) is 0 Å². The normalized spacial score (nSPS) is 10.9. The lowest BCUT2D eigenvalue weighted by Crippen LogP contribution is -2.02. The van der Waals surface area contributed by atoms with Gasteiger partial charge in [-0.05, 0) is 109 Å². The third-order valence-corrected chi connectivity index (χ3v) is 10.9. The lowest BCUT2D eigenvalue weighted by Gasteiger charge is -2.05. The van der Waals surface area contributed by atoms with E-state index < -0.39 is 11.3 Å². The molecule has 10 rings (SSSR count). The fraction of sp³-hybridized carbons (Fsp3) is 0. The Hall–Kier alpha value is -7.80. The monoisotopic (exact) mass is 826 g/mol. The van der Waals surface area contributed by atoms with Gasteiger partial charge in [0.1, 0.15) is 55.7 Å². The second-order valence-electron chi connectivity index (χ2n) is 13.3. The Labute approximate surface area is 349 Å². The summed E-state index contributed by atoms with van der Waals surface area (Å²) in [7, 11) is 0. The third kappa shape index (κ3) is 8.41. The quantitative estimate of drug-likeness (QED) is 0.142. The molecular weight excluding hydrogens is 797 g/mol. The van der Waals surface area contributed by atoms with Crippen LogP contribution >= 0.6 is 22.7 Å². The smallest absolute Gasteiger partial charge is 0.346 e. The maximum Gasteiger partial charge on any atom is 0.346 e. The highest BCUT2D eigenvalue weighted by Crippen LogP contribution is 2.33. The summed E-state index contributed by atoms with van der Waals surface area (Å²) in [5.74, 6) is 3.12. The van der Waals surface area contributed by atoms with E-state index in [0.29, 0.717) is 32.3 Å². The van der Waals surface area contributed by atoms with E-state index in [1.165, 1.54) is 34.8 Å². The van der Waals surface area contributed by atoms with Crippen molar-refractivity contribution in [2.45, 2.75) is 0 Å². The maximum absolute atomic E-state index is 12.4. The van der Waals surface area contributed by atoms with E-state index >= 15 is 0 Å². The average Bonchev–Trinajstić information content (AvgIpc) is 3.96. The number of thiazole rings is 2. The number of ether oxygens (including phenoxy) is 2. The minimum absolute atomic E-state index is 0.0506. The summed E-state index contributed by atoms with van der Waals surface area (Å²) in [5, 5.41) is 25.5. The molecule has 10 aromatic rings. The molecule has 4 aromatic heterocycles. The van der Waals surface area contributed by atoms with Crippen molar-refractivity contribution in [3.8, 4) is 78.2 Å². The first-order chi connectivity index (χ1) is 29.3. The van der Waals surface area contributed by atoms with Gasteiger partial charge in [0.05, 0.1) is 22.5 Å². The molecule has 0 aliphatic heterocycles. The molecule has 0 saturated carbocycles. The van der Waals surface area contributed by atoms with Gasteiger partial charge in [-0.25, -0.2) is 19.6 Å². The van der Waals surface area contributed by atoms with E-state index in [0.717, 1.165) is 56.3 Å². The molecule has 0 spiro atoms. The molecule has 0 aliphatic carbocycles. The molecule has 0 aliphatic rings. The Morgan fingerprint density at radius 3 is 1.23 bits per heavy atom. The molecule has 12 heteroatoms. The van der Waals surface area contributed by atoms with Crippen molar-refractivity contribution >= 4 is 44.6 Å². The van der Waals surface area contributed by atoms with Gasteiger partial charge >= 0.3 is 11.3 Å². The second-order valence-corrected chi connectivity index (χ2v) is 15.0. The third-order valence-electron chi connectivity index (χ3n) is 9.17. The minimum Gasteiger partial charge on any atom is -0.508 e. The van der Waals surface area contributed by atoms with Crippen LogP contribution in [0.15, 0.2) is 187 Å². The zero-order chi connectivity index (χ0) is 41.0. The van der Waals surface area contributed by atoms with E-state index in [4.69, 9.17) is 18.3 Å². The number of hydrogen-bond donors (Lipinski definition) is 2. The van der Waals surface area contributed by atoms with Crippen LogP contribution < -0.4 is 20.7 Å². The minimum atomic E-state index is -0.486. The van der Waals surface area contributed by atoms with Crippen LogP contribution in [0.1, 0.15) is 0 Å². The van der Waals surface area contributed by atoms with Crippen molar-refractivity contribution in [3.05, 3.63) is 189 Å². The number of phenolic OH excluding ortho intramolecular Hbond substituents is 2. The predicted octanol–water partition coefficient (Wildman–Crippen LogP) is 12.2. The number of nitrogens with zero attached hydrogens (tertiary/aromatic N) is 2. The van der Waals surface area contributed by atoms with E-state index in [1.807, 2.05) is 120 Å². The van der Waals surface area contributed by atoms with Crippen LogP contribution in [0.4, 0.5) is 0 Å². The summed E-state index contributed by atoms with van der Waals surface area (Å²) >= 11 is 2.76. The van der Waals surface area contributed by atoms with Crippen molar-refractivity contribution in [2.75, 3.05) is 0 Å². The highest BCUT2D eigenvalue weighted by molar-refractivity contribution is 7.13. The number of aromatic hydroxyl groups is 2. The molecule has 0 amide bonds. The molecule has 2 N–H and O–H groups in total. The summed E-state index contributed by atoms with van der Waals surface area (Å²) in [6, 6.07) is 47.3. The van der Waals surface area contributed by atoms with E-state index in [2.05, 4.69) is 9.97 Å². The Morgan fingerprint density at radius 1 is 0.450 bits per heavy atom. The van der Waals surface area contributed by atoms with Gasteiger partial charge in [0, 0.05) is 44.8 Å². The number of hydrogen-bond acceptors (Lipinski definition) is 12. The summed E-state index contributed by atoms with van der Waals surface area (Å²) < 4.78 is 22.3. The fourth-order valence-corrected chi connectivity index (χ4v) is 7.86. The molecule has 0 fully saturated rings. The summed E-state index contributed by atoms with van der Waals surface area (Å²) in [5.41, 5.74) is 3.89. The molecule has 60 heavy (non-hydrogen) atoms. The van der Waals surface area contributed by atoms with E-state index in [-0.39, 0.29) is 11.5 Å². The largest absolute Gasteiger partial charge is 0.508 e. The van der Waals surface area contributed by atoms with Gasteiger partial charge in [0.15, 0.2) is 0 Å². The van der Waals surface area contributed by atoms with Gasteiger partial charge in [-0.2, -0.15) is 0 Å². The van der Waals surface area contributed by atoms with Gasteiger partial charge in [-0.1, -0.05) is 36.4 Å². The van der Waals surface area contributed by atoms with Crippen LogP contribution in [0.5, 0.6) is 34.5 Å². The number of benzene rings is 6. The zero-order valence-corrected chi connectivity index (χ0v) is 32.9. The molecule has 6 aromatic carbocycles. The first kappa shape index (κ1) is 37.8. The number of rotatable bonds is 8. The molecule has 0 radical (unpaired) electrons. The molecule has 0 saturated heterocycles. The van der Waals surface area contributed by atoms with E-state index in [1.54, 1.807) is 36.4 Å². The van der Waals surface area contributed by atoms with Gasteiger partial charge in [-0.15, -0.1) is 22.7 Å². The van der Waals surface area contributed by atoms with Gasteiger partial charge in [0.2, 0.25) is 0 Å². The van der Waals surface area contributed by atoms with Crippen LogP contribution in [0.3, 0.4) is 0 Å². The standard InChI is InChI=1S/2C24H15NO4S/c2*26-17-9-6-16-12-20(24(27)29-22(16)13-17)23-25-21(14-30-23)15-7-10-19(11-8-15)28-18-4-2-1-3-5-18/h2*1-14,26H. The molecular formula is C48H30N2O8S2. The first-order valence-corrected chi connectivity index (χ1v) is 20.2. The van der Waals surface area contributed by atoms with Crippen LogP contribution in [-0.2, 0) is 0 Å². The Morgan fingerprint density at radius 2 is 0.833 bits per heavy atom. The molecule has 4 heterocycles. The van der Waals surface area contributed by atoms with Gasteiger partial charge in [0.25, 0.3) is 0 Å². The Bertz CT molecular complexity index is 3000. The lowest BCUT2D eigenvalue weighted by atomic mass is 10.1. The number of fused-ring (bicyclic) bond motifs is 2. The van der Waals surface area contributed by atoms with Crippen LogP contribution in [0, 0.1) is 0 Å². The summed E-state index contributed by atoms with van der Waals surface area (Å²) in [6.45, 7) is 0. The van der Waals surface area contributed by atoms with Crippen molar-refractivity contribution in [3.63, 3.8) is 0 Å². The predicted molar refractivity (Wildman–Crippen MR) is 234 cm³/mol. The van der Waals surface area contributed by atoms with Crippen molar-refractivity contribution in [2.24, 2.45) is 0 Å². The number of para-hydroxylation sites is 2. The number of phenols is 2. The molecule has 0 bridgehead atoms. The summed E-state index contributed by atoms with van der Waals surface area (Å²) in [6.07, 6.45) is 0. The van der Waals surface area contributed by atoms with Crippen LogP contribution in [-0.4, -0.2) is 20.2 Å². The molecule has 0 atom stereocenters. The van der Waals surface area contributed by atoms with Crippen molar-refractivity contribution in [1.29, 1.82) is 0 Å². The van der Waals surface area contributed by atoms with Crippen LogP contribution in [0.25, 0.3) is 65.6 Å². The Balaban J connectivity index is 0.000000154. The van der Waals surface area contributed by atoms with E-state index in [9.17, 15) is 19.8 Å². The SMILES string of the molecule is O=c1oc2cc(O)ccc2cc1-c1nc(-c2ccc(Oc3ccccc3)cc2)cs1.O=c1oc2cc(O)ccc2cc1-c1nc(-c2ccc(Oc3ccccc3)cc2)cs1. The molecule has 0 unspecified atom stereocenters. The fourth-order valence-electron chi connectivity index (χ4n) is 6.19. The molecule has 292 valence electrons. The molecule has 10 nitrogen and oxygen atoms in total. The second kappa shape index (κ2) is 16.6. The maximum atomic E-state index is 12.4. The summed E-state index contributed by atoms with van der Waals surface area (Å²) in [4.78, 5) is 34.1. The lowest BCUT2D eigenvalue weighted by molar-refractivity contribution is 0.472. The van der Waals surface area contributed by atoms with Crippen LogP contribution in [0.2, 0.25) is 0 Å².